The van der Waals surface area contributed by atoms with Crippen molar-refractivity contribution in [2.75, 3.05) is 26.6 Å². The number of carbonyl (C=O) groups is 1. The highest BCUT2D eigenvalue weighted by molar-refractivity contribution is 6.30. The number of ether oxygens (including phenoxy) is 4. The van der Waals surface area contributed by atoms with E-state index < -0.39 is 6.10 Å². The van der Waals surface area contributed by atoms with Gasteiger partial charge in [-0.05, 0) is 31.2 Å². The molecule has 0 unspecified atom stereocenters. The Balaban J connectivity index is 2.12. The van der Waals surface area contributed by atoms with Gasteiger partial charge in [0.05, 0.1) is 21.3 Å². The first-order valence-corrected chi connectivity index (χ1v) is 7.89. The normalized spacial score (nSPS) is 11.4. The molecule has 2 rings (SSSR count). The fraction of sp³-hybridized carbons (Fsp3) is 0.278. The average molecular weight is 366 g/mol. The third-order valence-electron chi connectivity index (χ3n) is 3.43. The minimum atomic E-state index is -0.708. The first kappa shape index (κ1) is 18.7. The Bertz CT molecular complexity index is 708. The van der Waals surface area contributed by atoms with Crippen molar-refractivity contribution < 1.29 is 23.7 Å². The number of nitrogens with one attached hydrogen (secondary N) is 1. The lowest BCUT2D eigenvalue weighted by molar-refractivity contribution is -0.122. The van der Waals surface area contributed by atoms with Gasteiger partial charge in [-0.3, -0.25) is 4.79 Å². The van der Waals surface area contributed by atoms with Crippen molar-refractivity contribution >= 4 is 23.2 Å². The molecule has 134 valence electrons. The van der Waals surface area contributed by atoms with E-state index in [2.05, 4.69) is 5.32 Å². The molecule has 0 heterocycles. The highest BCUT2D eigenvalue weighted by atomic mass is 35.5. The third-order valence-corrected chi connectivity index (χ3v) is 3.68. The van der Waals surface area contributed by atoms with Crippen molar-refractivity contribution in [2.45, 2.75) is 13.0 Å². The summed E-state index contributed by atoms with van der Waals surface area (Å²) in [6.07, 6.45) is -0.708. The van der Waals surface area contributed by atoms with Crippen LogP contribution in [0.25, 0.3) is 0 Å². The number of hydrogen-bond acceptors (Lipinski definition) is 5. The first-order valence-electron chi connectivity index (χ1n) is 7.51. The Morgan fingerprint density at radius 3 is 2.04 bits per heavy atom. The fourth-order valence-corrected chi connectivity index (χ4v) is 2.29. The molecule has 2 aromatic rings. The van der Waals surface area contributed by atoms with Gasteiger partial charge in [-0.15, -0.1) is 0 Å². The van der Waals surface area contributed by atoms with Crippen LogP contribution >= 0.6 is 11.6 Å². The number of amides is 1. The summed E-state index contributed by atoms with van der Waals surface area (Å²) in [6, 6.07) is 10.1. The zero-order chi connectivity index (χ0) is 18.4. The van der Waals surface area contributed by atoms with Gasteiger partial charge >= 0.3 is 0 Å². The van der Waals surface area contributed by atoms with E-state index in [0.29, 0.717) is 33.7 Å². The largest absolute Gasteiger partial charge is 0.493 e. The Kier molecular flexibility index (Phi) is 6.36. The molecule has 0 aromatic heterocycles. The molecule has 0 radical (unpaired) electrons. The van der Waals surface area contributed by atoms with E-state index in [1.54, 1.807) is 43.3 Å². The summed E-state index contributed by atoms with van der Waals surface area (Å²) in [5, 5.41) is 3.37. The second-order valence-electron chi connectivity index (χ2n) is 5.12. The van der Waals surface area contributed by atoms with Gasteiger partial charge in [0, 0.05) is 22.8 Å². The van der Waals surface area contributed by atoms with E-state index in [-0.39, 0.29) is 5.91 Å². The molecule has 0 fully saturated rings. The molecular formula is C18H20ClNO5. The maximum Gasteiger partial charge on any atom is 0.265 e. The molecule has 1 atom stereocenters. The van der Waals surface area contributed by atoms with Gasteiger partial charge in [0.15, 0.2) is 17.6 Å². The van der Waals surface area contributed by atoms with Crippen LogP contribution in [0, 0.1) is 0 Å². The van der Waals surface area contributed by atoms with E-state index in [1.807, 2.05) is 0 Å². The van der Waals surface area contributed by atoms with Crippen molar-refractivity contribution in [3.8, 4) is 23.0 Å². The van der Waals surface area contributed by atoms with Crippen LogP contribution in [0.4, 0.5) is 5.69 Å². The fourth-order valence-electron chi connectivity index (χ4n) is 2.17. The van der Waals surface area contributed by atoms with Crippen molar-refractivity contribution in [3.63, 3.8) is 0 Å². The van der Waals surface area contributed by atoms with E-state index >= 15 is 0 Å². The van der Waals surface area contributed by atoms with Crippen LogP contribution in [0.1, 0.15) is 6.92 Å². The summed E-state index contributed by atoms with van der Waals surface area (Å²) >= 11 is 5.83. The van der Waals surface area contributed by atoms with Gasteiger partial charge in [-0.2, -0.15) is 0 Å². The zero-order valence-corrected chi connectivity index (χ0v) is 15.2. The quantitative estimate of drug-likeness (QED) is 0.809. The number of methoxy groups -OCH3 is 3. The molecule has 6 nitrogen and oxygen atoms in total. The third kappa shape index (κ3) is 4.70. The van der Waals surface area contributed by atoms with Crippen LogP contribution in [-0.2, 0) is 4.79 Å². The second-order valence-corrected chi connectivity index (χ2v) is 5.55. The van der Waals surface area contributed by atoms with Gasteiger partial charge in [0.1, 0.15) is 5.75 Å². The molecule has 1 N–H and O–H groups in total. The van der Waals surface area contributed by atoms with Crippen LogP contribution < -0.4 is 24.3 Å². The van der Waals surface area contributed by atoms with Gasteiger partial charge in [-0.25, -0.2) is 0 Å². The van der Waals surface area contributed by atoms with E-state index in [9.17, 15) is 4.79 Å². The maximum absolute atomic E-state index is 12.4. The molecule has 0 saturated heterocycles. The van der Waals surface area contributed by atoms with Crippen molar-refractivity contribution in [3.05, 3.63) is 41.4 Å². The summed E-state index contributed by atoms with van der Waals surface area (Å²) < 4.78 is 21.4. The molecule has 0 saturated carbocycles. The monoisotopic (exact) mass is 365 g/mol. The predicted molar refractivity (Wildman–Crippen MR) is 96.3 cm³/mol. The molecular weight excluding hydrogens is 346 g/mol. The molecule has 0 bridgehead atoms. The van der Waals surface area contributed by atoms with Crippen molar-refractivity contribution in [1.29, 1.82) is 0 Å². The molecule has 0 aliphatic carbocycles. The van der Waals surface area contributed by atoms with Gasteiger partial charge < -0.3 is 24.3 Å². The minimum absolute atomic E-state index is 0.316. The van der Waals surface area contributed by atoms with Crippen LogP contribution in [-0.4, -0.2) is 33.3 Å². The lowest BCUT2D eigenvalue weighted by Gasteiger charge is -2.17. The SMILES string of the molecule is COc1cc(NC(=O)[C@H](C)Oc2ccc(Cl)cc2)cc(OC)c1OC. The number of anilines is 1. The molecule has 25 heavy (non-hydrogen) atoms. The molecule has 2 aromatic carbocycles. The topological polar surface area (TPSA) is 66.0 Å². The van der Waals surface area contributed by atoms with Crippen molar-refractivity contribution in [2.24, 2.45) is 0 Å². The van der Waals surface area contributed by atoms with Crippen LogP contribution in [0.15, 0.2) is 36.4 Å². The Labute approximate surface area is 151 Å². The Morgan fingerprint density at radius 2 is 1.56 bits per heavy atom. The van der Waals surface area contributed by atoms with Crippen LogP contribution in [0.5, 0.6) is 23.0 Å². The average Bonchev–Trinajstić information content (AvgIpc) is 2.62. The molecule has 0 aliphatic rings. The highest BCUT2D eigenvalue weighted by Gasteiger charge is 2.18. The number of carbonyl (C=O) groups excluding carboxylic acids is 1. The summed E-state index contributed by atoms with van der Waals surface area (Å²) in [7, 11) is 4.53. The number of halogens is 1. The zero-order valence-electron chi connectivity index (χ0n) is 14.5. The van der Waals surface area contributed by atoms with E-state index in [0.717, 1.165) is 0 Å². The highest BCUT2D eigenvalue weighted by Crippen LogP contribution is 2.39. The molecule has 7 heteroatoms. The standard InChI is InChI=1S/C18H20ClNO5/c1-11(25-14-7-5-12(19)6-8-14)18(21)20-13-9-15(22-2)17(24-4)16(10-13)23-3/h5-11H,1-4H3,(H,20,21)/t11-/m0/s1. The van der Waals surface area contributed by atoms with Gasteiger partial charge in [0.25, 0.3) is 5.91 Å². The number of rotatable bonds is 7. The second kappa shape index (κ2) is 8.48. The first-order chi connectivity index (χ1) is 12.0. The Hall–Kier alpha value is -2.60. The van der Waals surface area contributed by atoms with E-state index in [1.165, 1.54) is 21.3 Å². The van der Waals surface area contributed by atoms with Crippen molar-refractivity contribution in [1.82, 2.24) is 0 Å². The molecule has 1 amide bonds. The number of benzene rings is 2. The van der Waals surface area contributed by atoms with Gasteiger partial charge in [0.2, 0.25) is 5.75 Å². The number of hydrogen-bond donors (Lipinski definition) is 1. The summed E-state index contributed by atoms with van der Waals surface area (Å²) in [5.74, 6) is 1.58. The van der Waals surface area contributed by atoms with Crippen LogP contribution in [0.2, 0.25) is 5.02 Å². The Morgan fingerprint density at radius 1 is 1.00 bits per heavy atom. The van der Waals surface area contributed by atoms with E-state index in [4.69, 9.17) is 30.5 Å². The van der Waals surface area contributed by atoms with Crippen LogP contribution in [0.3, 0.4) is 0 Å². The summed E-state index contributed by atoms with van der Waals surface area (Å²) in [5.41, 5.74) is 0.506. The lowest BCUT2D eigenvalue weighted by Crippen LogP contribution is -2.30. The minimum Gasteiger partial charge on any atom is -0.493 e. The summed E-state index contributed by atoms with van der Waals surface area (Å²) in [4.78, 5) is 12.4. The molecule has 0 aliphatic heterocycles. The summed E-state index contributed by atoms with van der Waals surface area (Å²) in [6.45, 7) is 1.65. The van der Waals surface area contributed by atoms with Gasteiger partial charge in [-0.1, -0.05) is 11.6 Å². The molecule has 0 spiro atoms. The predicted octanol–water partition coefficient (Wildman–Crippen LogP) is 3.77. The lowest BCUT2D eigenvalue weighted by atomic mass is 10.2. The smallest absolute Gasteiger partial charge is 0.265 e. The maximum atomic E-state index is 12.4.